The number of ether oxygens (including phenoxy) is 1. The molecular formula is C30H39N3O2S. The Morgan fingerprint density at radius 2 is 1.19 bits per heavy atom. The normalized spacial score (nSPS) is 10.2. The van der Waals surface area contributed by atoms with Crippen LogP contribution in [0.25, 0.3) is 0 Å². The van der Waals surface area contributed by atoms with Gasteiger partial charge in [0, 0.05) is 63.3 Å². The maximum atomic E-state index is 11.5. The Morgan fingerprint density at radius 3 is 1.56 bits per heavy atom. The van der Waals surface area contributed by atoms with Crippen LogP contribution in [-0.4, -0.2) is 53.6 Å². The van der Waals surface area contributed by atoms with Gasteiger partial charge in [0.05, 0.1) is 0 Å². The van der Waals surface area contributed by atoms with E-state index in [-0.39, 0.29) is 11.9 Å². The summed E-state index contributed by atoms with van der Waals surface area (Å²) in [7, 11) is 8.21. The van der Waals surface area contributed by atoms with E-state index in [0.29, 0.717) is 18.7 Å². The fourth-order valence-electron chi connectivity index (χ4n) is 3.76. The van der Waals surface area contributed by atoms with E-state index in [2.05, 4.69) is 135 Å². The van der Waals surface area contributed by atoms with Gasteiger partial charge in [-0.25, -0.2) is 4.79 Å². The highest BCUT2D eigenvalue weighted by Crippen LogP contribution is 2.34. The molecule has 3 rings (SSSR count). The van der Waals surface area contributed by atoms with Crippen molar-refractivity contribution in [3.63, 3.8) is 0 Å². The smallest absolute Gasteiger partial charge is 0.333 e. The summed E-state index contributed by atoms with van der Waals surface area (Å²) in [6.45, 7) is 6.08. The summed E-state index contributed by atoms with van der Waals surface area (Å²) in [6.07, 6.45) is 1.69. The van der Waals surface area contributed by atoms with Crippen LogP contribution in [0.15, 0.2) is 84.9 Å². The Kier molecular flexibility index (Phi) is 11.4. The molecule has 0 bridgehead atoms. The number of anilines is 3. The summed E-state index contributed by atoms with van der Waals surface area (Å²) < 4.78 is 5.15. The quantitative estimate of drug-likeness (QED) is 0.115. The van der Waals surface area contributed by atoms with Crippen LogP contribution in [-0.2, 0) is 9.53 Å². The minimum absolute atomic E-state index is 0.123. The van der Waals surface area contributed by atoms with Gasteiger partial charge in [0.2, 0.25) is 0 Å². The maximum Gasteiger partial charge on any atom is 0.333 e. The molecule has 0 aliphatic carbocycles. The molecule has 0 fully saturated rings. The number of nitrogens with one attached hydrogen (secondary N) is 1. The van der Waals surface area contributed by atoms with E-state index in [1.165, 1.54) is 28.1 Å². The van der Waals surface area contributed by atoms with Crippen LogP contribution in [0.4, 0.5) is 17.1 Å². The fourth-order valence-corrected chi connectivity index (χ4v) is 3.76. The number of nitrogens with zero attached hydrogens (tertiary/aromatic N) is 2. The molecule has 0 spiro atoms. The zero-order valence-electron chi connectivity index (χ0n) is 22.3. The zero-order chi connectivity index (χ0) is 26.7. The molecule has 3 aromatic carbocycles. The molecule has 1 N–H and O–H groups in total. The van der Waals surface area contributed by atoms with Gasteiger partial charge in [-0.05, 0) is 66.3 Å². The van der Waals surface area contributed by atoms with Crippen molar-refractivity contribution in [3.05, 3.63) is 102 Å². The Morgan fingerprint density at radius 1 is 0.806 bits per heavy atom. The molecule has 0 aliphatic rings. The van der Waals surface area contributed by atoms with E-state index in [9.17, 15) is 4.79 Å². The molecule has 0 atom stereocenters. The minimum atomic E-state index is -0.361. The van der Waals surface area contributed by atoms with E-state index < -0.39 is 0 Å². The number of carbonyl (C=O) groups excluding carboxylic acids is 1. The Labute approximate surface area is 222 Å². The highest BCUT2D eigenvalue weighted by molar-refractivity contribution is 7.79. The number of rotatable bonds is 10. The fraction of sp³-hybridized carbons (Fsp3) is 0.300. The summed E-state index contributed by atoms with van der Waals surface area (Å²) in [4.78, 5) is 15.7. The summed E-state index contributed by atoms with van der Waals surface area (Å²) in [5.74, 6) is -0.237. The van der Waals surface area contributed by atoms with E-state index in [1.807, 2.05) is 0 Å². The highest BCUT2D eigenvalue weighted by Gasteiger charge is 2.17. The van der Waals surface area contributed by atoms with Gasteiger partial charge in [-0.1, -0.05) is 43.0 Å². The molecular weight excluding hydrogens is 466 g/mol. The van der Waals surface area contributed by atoms with Crippen molar-refractivity contribution in [2.75, 3.05) is 62.7 Å². The lowest BCUT2D eigenvalue weighted by molar-refractivity contribution is -0.138. The lowest BCUT2D eigenvalue weighted by atomic mass is 9.85. The van der Waals surface area contributed by atoms with Gasteiger partial charge in [0.25, 0.3) is 0 Å². The highest BCUT2D eigenvalue weighted by atomic mass is 32.1. The number of thiol groups is 1. The second-order valence-corrected chi connectivity index (χ2v) is 8.87. The van der Waals surface area contributed by atoms with Crippen molar-refractivity contribution >= 4 is 35.7 Å². The molecule has 0 unspecified atom stereocenters. The van der Waals surface area contributed by atoms with Crippen molar-refractivity contribution in [1.29, 1.82) is 0 Å². The zero-order valence-corrected chi connectivity index (χ0v) is 23.2. The number of benzene rings is 3. The largest absolute Gasteiger partial charge is 0.460 e. The number of hydrogen-bond acceptors (Lipinski definition) is 6. The third-order valence-corrected chi connectivity index (χ3v) is 5.74. The number of carbonyl (C=O) groups is 1. The number of hydrogen-bond donors (Lipinski definition) is 2. The predicted octanol–water partition coefficient (Wildman–Crippen LogP) is 6.08. The molecule has 0 amide bonds. The first kappa shape index (κ1) is 28.9. The molecule has 0 saturated heterocycles. The summed E-state index contributed by atoms with van der Waals surface area (Å²) in [5.41, 5.74) is 7.46. The van der Waals surface area contributed by atoms with Crippen molar-refractivity contribution in [1.82, 2.24) is 0 Å². The minimum Gasteiger partial charge on any atom is -0.460 e. The predicted molar refractivity (Wildman–Crippen MR) is 158 cm³/mol. The standard InChI is InChI=1S/C29H35N3O2.CH4S/c1-21(2)29(33)34-20-19-30-25-13-7-22(8-14-25)28(23-9-15-26(16-10-23)31(3)4)24-11-17-27(18-12-24)32(5)6;1-2/h7-18,28,30H,1,19-20H2,2-6H3;2H,1H3. The van der Waals surface area contributed by atoms with E-state index in [4.69, 9.17) is 4.74 Å². The van der Waals surface area contributed by atoms with Gasteiger partial charge < -0.3 is 19.9 Å². The van der Waals surface area contributed by atoms with Crippen LogP contribution in [0.1, 0.15) is 29.5 Å². The van der Waals surface area contributed by atoms with Crippen LogP contribution in [0.3, 0.4) is 0 Å². The lowest BCUT2D eigenvalue weighted by Gasteiger charge is -2.22. The Hall–Kier alpha value is -3.38. The maximum absolute atomic E-state index is 11.5. The van der Waals surface area contributed by atoms with Gasteiger partial charge >= 0.3 is 5.97 Å². The van der Waals surface area contributed by atoms with E-state index in [1.54, 1.807) is 13.2 Å². The molecule has 192 valence electrons. The molecule has 5 nitrogen and oxygen atoms in total. The van der Waals surface area contributed by atoms with Gasteiger partial charge in [0.1, 0.15) is 6.61 Å². The van der Waals surface area contributed by atoms with Crippen LogP contribution < -0.4 is 15.1 Å². The first-order valence-corrected chi connectivity index (χ1v) is 12.8. The summed E-state index contributed by atoms with van der Waals surface area (Å²) >= 11 is 3.53. The third-order valence-electron chi connectivity index (χ3n) is 5.74. The first-order chi connectivity index (χ1) is 17.3. The van der Waals surface area contributed by atoms with Crippen LogP contribution >= 0.6 is 12.6 Å². The molecule has 0 aliphatic heterocycles. The van der Waals surface area contributed by atoms with Crippen molar-refractivity contribution in [2.45, 2.75) is 12.8 Å². The SMILES string of the molecule is C=C(C)C(=O)OCCNc1ccc(C(c2ccc(N(C)C)cc2)c2ccc(N(C)C)cc2)cc1.CS. The molecule has 6 heteroatoms. The molecule has 36 heavy (non-hydrogen) atoms. The van der Waals surface area contributed by atoms with E-state index >= 15 is 0 Å². The van der Waals surface area contributed by atoms with Crippen molar-refractivity contribution < 1.29 is 9.53 Å². The molecule has 0 radical (unpaired) electrons. The molecule has 3 aromatic rings. The Balaban J connectivity index is 0.00000222. The second-order valence-electron chi connectivity index (χ2n) is 8.87. The van der Waals surface area contributed by atoms with Crippen LogP contribution in [0.2, 0.25) is 0 Å². The average molecular weight is 506 g/mol. The van der Waals surface area contributed by atoms with Gasteiger partial charge in [-0.2, -0.15) is 12.6 Å². The van der Waals surface area contributed by atoms with Crippen molar-refractivity contribution in [3.8, 4) is 0 Å². The van der Waals surface area contributed by atoms with E-state index in [0.717, 1.165) is 5.69 Å². The Bertz CT molecular complexity index is 1040. The lowest BCUT2D eigenvalue weighted by Crippen LogP contribution is -2.14. The molecule has 0 aromatic heterocycles. The van der Waals surface area contributed by atoms with Crippen LogP contribution in [0, 0.1) is 0 Å². The van der Waals surface area contributed by atoms with Crippen molar-refractivity contribution in [2.24, 2.45) is 0 Å². The van der Waals surface area contributed by atoms with Gasteiger partial charge in [-0.15, -0.1) is 0 Å². The number of esters is 1. The third kappa shape index (κ3) is 8.09. The van der Waals surface area contributed by atoms with Gasteiger partial charge in [0.15, 0.2) is 0 Å². The first-order valence-electron chi connectivity index (χ1n) is 11.9. The topological polar surface area (TPSA) is 44.8 Å². The molecule has 0 saturated carbocycles. The average Bonchev–Trinajstić information content (AvgIpc) is 2.89. The second kappa shape index (κ2) is 14.2. The van der Waals surface area contributed by atoms with Crippen LogP contribution in [0.5, 0.6) is 0 Å². The summed E-state index contributed by atoms with van der Waals surface area (Å²) in [5, 5.41) is 3.31. The van der Waals surface area contributed by atoms with Gasteiger partial charge in [-0.3, -0.25) is 0 Å². The summed E-state index contributed by atoms with van der Waals surface area (Å²) in [6, 6.07) is 26.0. The molecule has 0 heterocycles. The monoisotopic (exact) mass is 505 g/mol.